The van der Waals surface area contributed by atoms with E-state index in [0.717, 1.165) is 23.5 Å². The number of benzene rings is 1. The molecule has 0 unspecified atom stereocenters. The molecule has 2 aromatic rings. The number of nitrogens with zero attached hydrogens (tertiary/aromatic N) is 1. The van der Waals surface area contributed by atoms with Crippen LogP contribution in [-0.2, 0) is 6.61 Å². The molecule has 18 heavy (non-hydrogen) atoms. The molecule has 0 amide bonds. The van der Waals surface area contributed by atoms with Crippen LogP contribution in [0.25, 0.3) is 0 Å². The number of aromatic nitrogens is 1. The number of ether oxygens (including phenoxy) is 1. The van der Waals surface area contributed by atoms with Gasteiger partial charge in [-0.05, 0) is 13.0 Å². The molecular formula is C14H15ClN2O. The fourth-order valence-electron chi connectivity index (χ4n) is 1.58. The lowest BCUT2D eigenvalue weighted by atomic mass is 10.2. The Kier molecular flexibility index (Phi) is 4.42. The van der Waals surface area contributed by atoms with E-state index in [1.807, 2.05) is 37.3 Å². The van der Waals surface area contributed by atoms with Gasteiger partial charge in [-0.2, -0.15) is 0 Å². The third kappa shape index (κ3) is 3.37. The summed E-state index contributed by atoms with van der Waals surface area (Å²) in [6, 6.07) is 9.57. The Morgan fingerprint density at radius 1 is 1.28 bits per heavy atom. The predicted molar refractivity (Wildman–Crippen MR) is 74.2 cm³/mol. The van der Waals surface area contributed by atoms with Crippen LogP contribution < -0.4 is 10.1 Å². The minimum absolute atomic E-state index is 0.441. The molecule has 0 aliphatic carbocycles. The van der Waals surface area contributed by atoms with Crippen molar-refractivity contribution in [3.63, 3.8) is 0 Å². The van der Waals surface area contributed by atoms with Crippen molar-refractivity contribution in [1.82, 2.24) is 4.98 Å². The van der Waals surface area contributed by atoms with Crippen LogP contribution in [0, 0.1) is 0 Å². The molecule has 0 bridgehead atoms. The van der Waals surface area contributed by atoms with Crippen LogP contribution >= 0.6 is 11.6 Å². The molecule has 0 saturated carbocycles. The molecule has 0 radical (unpaired) electrons. The summed E-state index contributed by atoms with van der Waals surface area (Å²) in [4.78, 5) is 4.12. The SMILES string of the molecule is CCNc1cncc(OCc2ccccc2Cl)c1. The fraction of sp³-hybridized carbons (Fsp3) is 0.214. The molecule has 0 fully saturated rings. The third-order valence-electron chi connectivity index (χ3n) is 2.45. The molecule has 0 saturated heterocycles. The normalized spacial score (nSPS) is 10.1. The average molecular weight is 263 g/mol. The molecule has 0 aliphatic heterocycles. The highest BCUT2D eigenvalue weighted by molar-refractivity contribution is 6.31. The van der Waals surface area contributed by atoms with E-state index >= 15 is 0 Å². The van der Waals surface area contributed by atoms with Crippen molar-refractivity contribution in [2.75, 3.05) is 11.9 Å². The number of anilines is 1. The van der Waals surface area contributed by atoms with E-state index < -0.39 is 0 Å². The summed E-state index contributed by atoms with van der Waals surface area (Å²) < 4.78 is 5.67. The lowest BCUT2D eigenvalue weighted by Crippen LogP contribution is -2.00. The maximum atomic E-state index is 6.06. The van der Waals surface area contributed by atoms with Gasteiger partial charge in [0.25, 0.3) is 0 Å². The summed E-state index contributed by atoms with van der Waals surface area (Å²) in [6.07, 6.45) is 3.46. The monoisotopic (exact) mass is 262 g/mol. The molecule has 1 aromatic heterocycles. The Morgan fingerprint density at radius 2 is 2.11 bits per heavy atom. The van der Waals surface area contributed by atoms with Gasteiger partial charge in [0, 0.05) is 23.2 Å². The quantitative estimate of drug-likeness (QED) is 0.891. The molecule has 1 aromatic carbocycles. The minimum Gasteiger partial charge on any atom is -0.487 e. The second-order valence-electron chi connectivity index (χ2n) is 3.82. The van der Waals surface area contributed by atoms with Crippen molar-refractivity contribution in [2.24, 2.45) is 0 Å². The van der Waals surface area contributed by atoms with Gasteiger partial charge in [0.2, 0.25) is 0 Å². The van der Waals surface area contributed by atoms with E-state index in [1.54, 1.807) is 12.4 Å². The zero-order valence-electron chi connectivity index (χ0n) is 10.2. The molecule has 94 valence electrons. The number of hydrogen-bond donors (Lipinski definition) is 1. The number of rotatable bonds is 5. The smallest absolute Gasteiger partial charge is 0.140 e. The fourth-order valence-corrected chi connectivity index (χ4v) is 1.77. The second kappa shape index (κ2) is 6.26. The summed E-state index contributed by atoms with van der Waals surface area (Å²) >= 11 is 6.06. The van der Waals surface area contributed by atoms with Crippen molar-refractivity contribution < 1.29 is 4.74 Å². The van der Waals surface area contributed by atoms with Crippen molar-refractivity contribution in [3.8, 4) is 5.75 Å². The van der Waals surface area contributed by atoms with Gasteiger partial charge in [0.15, 0.2) is 0 Å². The Hall–Kier alpha value is -1.74. The van der Waals surface area contributed by atoms with Gasteiger partial charge >= 0.3 is 0 Å². The van der Waals surface area contributed by atoms with E-state index in [-0.39, 0.29) is 0 Å². The van der Waals surface area contributed by atoms with E-state index in [9.17, 15) is 0 Å². The molecule has 1 heterocycles. The maximum Gasteiger partial charge on any atom is 0.140 e. The van der Waals surface area contributed by atoms with Gasteiger partial charge < -0.3 is 10.1 Å². The molecule has 3 nitrogen and oxygen atoms in total. The van der Waals surface area contributed by atoms with Gasteiger partial charge in [0.1, 0.15) is 12.4 Å². The number of nitrogens with one attached hydrogen (secondary N) is 1. The van der Waals surface area contributed by atoms with Crippen LogP contribution in [0.2, 0.25) is 5.02 Å². The molecule has 2 rings (SSSR count). The van der Waals surface area contributed by atoms with Gasteiger partial charge in [0.05, 0.1) is 18.1 Å². The minimum atomic E-state index is 0.441. The Labute approximate surface area is 112 Å². The molecule has 0 spiro atoms. The van der Waals surface area contributed by atoms with Gasteiger partial charge in [-0.15, -0.1) is 0 Å². The molecular weight excluding hydrogens is 248 g/mol. The van der Waals surface area contributed by atoms with Crippen LogP contribution in [0.4, 0.5) is 5.69 Å². The average Bonchev–Trinajstić information content (AvgIpc) is 2.39. The molecule has 0 atom stereocenters. The Morgan fingerprint density at radius 3 is 2.89 bits per heavy atom. The highest BCUT2D eigenvalue weighted by atomic mass is 35.5. The van der Waals surface area contributed by atoms with Crippen LogP contribution in [0.3, 0.4) is 0 Å². The zero-order chi connectivity index (χ0) is 12.8. The summed E-state index contributed by atoms with van der Waals surface area (Å²) in [6.45, 7) is 3.34. The Balaban J connectivity index is 2.02. The van der Waals surface area contributed by atoms with Crippen LogP contribution in [0.5, 0.6) is 5.75 Å². The highest BCUT2D eigenvalue weighted by Crippen LogP contribution is 2.19. The first-order valence-electron chi connectivity index (χ1n) is 5.84. The van der Waals surface area contributed by atoms with Crippen LogP contribution in [0.1, 0.15) is 12.5 Å². The second-order valence-corrected chi connectivity index (χ2v) is 4.23. The first kappa shape index (κ1) is 12.7. The van der Waals surface area contributed by atoms with Crippen LogP contribution in [-0.4, -0.2) is 11.5 Å². The number of pyridine rings is 1. The van der Waals surface area contributed by atoms with E-state index in [4.69, 9.17) is 16.3 Å². The molecule has 4 heteroatoms. The zero-order valence-corrected chi connectivity index (χ0v) is 10.9. The van der Waals surface area contributed by atoms with E-state index in [2.05, 4.69) is 10.3 Å². The molecule has 1 N–H and O–H groups in total. The van der Waals surface area contributed by atoms with Gasteiger partial charge in [-0.1, -0.05) is 29.8 Å². The molecule has 0 aliphatic rings. The highest BCUT2D eigenvalue weighted by Gasteiger charge is 2.01. The van der Waals surface area contributed by atoms with E-state index in [1.165, 1.54) is 0 Å². The summed E-state index contributed by atoms with van der Waals surface area (Å²) in [5.74, 6) is 0.730. The van der Waals surface area contributed by atoms with Crippen molar-refractivity contribution in [3.05, 3.63) is 53.3 Å². The number of halogens is 1. The van der Waals surface area contributed by atoms with Crippen molar-refractivity contribution >= 4 is 17.3 Å². The largest absolute Gasteiger partial charge is 0.487 e. The maximum absolute atomic E-state index is 6.06. The number of hydrogen-bond acceptors (Lipinski definition) is 3. The summed E-state index contributed by atoms with van der Waals surface area (Å²) in [7, 11) is 0. The topological polar surface area (TPSA) is 34.2 Å². The van der Waals surface area contributed by atoms with Gasteiger partial charge in [-0.25, -0.2) is 0 Å². The lowest BCUT2D eigenvalue weighted by Gasteiger charge is -2.09. The predicted octanol–water partition coefficient (Wildman–Crippen LogP) is 3.75. The van der Waals surface area contributed by atoms with Crippen LogP contribution in [0.15, 0.2) is 42.7 Å². The lowest BCUT2D eigenvalue weighted by molar-refractivity contribution is 0.305. The van der Waals surface area contributed by atoms with E-state index in [0.29, 0.717) is 11.6 Å². The van der Waals surface area contributed by atoms with Crippen molar-refractivity contribution in [1.29, 1.82) is 0 Å². The standard InChI is InChI=1S/C14H15ClN2O/c1-2-17-12-7-13(9-16-8-12)18-10-11-5-3-4-6-14(11)15/h3-9,17H,2,10H2,1H3. The Bertz CT molecular complexity index is 517. The van der Waals surface area contributed by atoms with Crippen molar-refractivity contribution in [2.45, 2.75) is 13.5 Å². The summed E-state index contributed by atoms with van der Waals surface area (Å²) in [5, 5.41) is 3.90. The first-order valence-corrected chi connectivity index (χ1v) is 6.22. The first-order chi connectivity index (χ1) is 8.79. The van der Waals surface area contributed by atoms with Gasteiger partial charge in [-0.3, -0.25) is 4.98 Å². The summed E-state index contributed by atoms with van der Waals surface area (Å²) in [5.41, 5.74) is 1.92. The third-order valence-corrected chi connectivity index (χ3v) is 2.81.